The predicted octanol–water partition coefficient (Wildman–Crippen LogP) is 2.53. The molecule has 1 aromatic rings. The van der Waals surface area contributed by atoms with E-state index in [0.29, 0.717) is 4.90 Å². The number of hydrogen-bond acceptors (Lipinski definition) is 4. The predicted molar refractivity (Wildman–Crippen MR) is 71.8 cm³/mol. The number of carbonyl (C=O) groups excluding carboxylic acids is 2. The third-order valence-corrected chi connectivity index (χ3v) is 3.49. The average Bonchev–Trinajstić information content (AvgIpc) is 2.48. The van der Waals surface area contributed by atoms with Gasteiger partial charge in [0.25, 0.3) is 5.24 Å². The average molecular weight is 337 g/mol. The van der Waals surface area contributed by atoms with E-state index in [1.165, 1.54) is 12.3 Å². The number of hydrogen-bond donors (Lipinski definition) is 0. The maximum atomic E-state index is 12.9. The third kappa shape index (κ3) is 3.56. The molecule has 1 aromatic heterocycles. The van der Waals surface area contributed by atoms with E-state index in [-0.39, 0.29) is 37.3 Å². The van der Waals surface area contributed by atoms with Gasteiger partial charge in [0.2, 0.25) is 0 Å². The summed E-state index contributed by atoms with van der Waals surface area (Å²) >= 11 is 5.40. The standard InChI is InChI=1S/C13H12ClF3N2O3/c14-11(20)9-1-4-18-7-10(9)19(12(21)13(15,16)17)8-2-5-22-6-3-8/h1,4,7-8H,2-3,5-6H2. The lowest BCUT2D eigenvalue weighted by molar-refractivity contribution is -0.171. The lowest BCUT2D eigenvalue weighted by Gasteiger charge is -2.35. The lowest BCUT2D eigenvalue weighted by atomic mass is 10.0. The molecule has 1 amide bonds. The summed E-state index contributed by atoms with van der Waals surface area (Å²) in [7, 11) is 0. The topological polar surface area (TPSA) is 59.5 Å². The van der Waals surface area contributed by atoms with Crippen LogP contribution in [0.2, 0.25) is 0 Å². The Balaban J connectivity index is 2.48. The minimum absolute atomic E-state index is 0.194. The Morgan fingerprint density at radius 3 is 2.50 bits per heavy atom. The largest absolute Gasteiger partial charge is 0.471 e. The maximum Gasteiger partial charge on any atom is 0.471 e. The van der Waals surface area contributed by atoms with Gasteiger partial charge in [0.1, 0.15) is 0 Å². The summed E-state index contributed by atoms with van der Waals surface area (Å²) in [5, 5.41) is -0.954. The molecule has 0 radical (unpaired) electrons. The van der Waals surface area contributed by atoms with Gasteiger partial charge >= 0.3 is 12.1 Å². The number of anilines is 1. The molecule has 0 aliphatic carbocycles. The minimum atomic E-state index is -5.07. The van der Waals surface area contributed by atoms with E-state index in [1.807, 2.05) is 0 Å². The van der Waals surface area contributed by atoms with Gasteiger partial charge in [0.05, 0.1) is 17.4 Å². The van der Waals surface area contributed by atoms with Crippen molar-refractivity contribution >= 4 is 28.4 Å². The fraction of sp³-hybridized carbons (Fsp3) is 0.462. The van der Waals surface area contributed by atoms with Crippen molar-refractivity contribution in [3.05, 3.63) is 24.0 Å². The number of ether oxygens (including phenoxy) is 1. The Labute approximate surface area is 129 Å². The van der Waals surface area contributed by atoms with E-state index in [2.05, 4.69) is 4.98 Å². The monoisotopic (exact) mass is 336 g/mol. The van der Waals surface area contributed by atoms with E-state index in [4.69, 9.17) is 16.3 Å². The zero-order valence-corrected chi connectivity index (χ0v) is 12.0. The first-order valence-electron chi connectivity index (χ1n) is 6.44. The third-order valence-electron chi connectivity index (χ3n) is 3.29. The van der Waals surface area contributed by atoms with Crippen molar-refractivity contribution in [1.82, 2.24) is 4.98 Å². The van der Waals surface area contributed by atoms with Gasteiger partial charge in [-0.25, -0.2) is 0 Å². The Morgan fingerprint density at radius 1 is 1.32 bits per heavy atom. The quantitative estimate of drug-likeness (QED) is 0.796. The highest BCUT2D eigenvalue weighted by Gasteiger charge is 2.46. The zero-order chi connectivity index (χ0) is 16.3. The highest BCUT2D eigenvalue weighted by molar-refractivity contribution is 6.68. The van der Waals surface area contributed by atoms with Gasteiger partial charge in [-0.2, -0.15) is 13.2 Å². The van der Waals surface area contributed by atoms with Crippen molar-refractivity contribution in [2.24, 2.45) is 0 Å². The number of nitrogens with zero attached hydrogens (tertiary/aromatic N) is 2. The van der Waals surface area contributed by atoms with Gasteiger partial charge in [-0.3, -0.25) is 19.5 Å². The van der Waals surface area contributed by atoms with Crippen LogP contribution in [0.4, 0.5) is 18.9 Å². The number of amides is 1. The molecule has 0 spiro atoms. The van der Waals surface area contributed by atoms with Crippen LogP contribution >= 0.6 is 11.6 Å². The smallest absolute Gasteiger partial charge is 0.381 e. The molecule has 1 fully saturated rings. The summed E-state index contributed by atoms with van der Waals surface area (Å²) in [6.07, 6.45) is -2.35. The molecule has 1 saturated heterocycles. The molecule has 0 unspecified atom stereocenters. The normalized spacial score (nSPS) is 16.4. The van der Waals surface area contributed by atoms with Crippen LogP contribution in [-0.2, 0) is 9.53 Å². The van der Waals surface area contributed by atoms with E-state index in [1.54, 1.807) is 0 Å². The highest BCUT2D eigenvalue weighted by Crippen LogP contribution is 2.31. The van der Waals surface area contributed by atoms with Gasteiger partial charge < -0.3 is 4.74 Å². The molecule has 0 bridgehead atoms. The summed E-state index contributed by atoms with van der Waals surface area (Å²) in [4.78, 5) is 27.5. The van der Waals surface area contributed by atoms with Crippen molar-refractivity contribution in [3.8, 4) is 0 Å². The second-order valence-electron chi connectivity index (χ2n) is 4.68. The molecule has 1 aliphatic rings. The molecule has 120 valence electrons. The Morgan fingerprint density at radius 2 is 1.95 bits per heavy atom. The summed E-state index contributed by atoms with van der Waals surface area (Å²) < 4.78 is 43.8. The molecular formula is C13H12ClF3N2O3. The molecule has 2 heterocycles. The Hall–Kier alpha value is -1.67. The van der Waals surface area contributed by atoms with Gasteiger partial charge in [0, 0.05) is 25.5 Å². The first kappa shape index (κ1) is 16.7. The van der Waals surface area contributed by atoms with Crippen molar-refractivity contribution in [2.75, 3.05) is 18.1 Å². The number of alkyl halides is 3. The number of rotatable bonds is 3. The highest BCUT2D eigenvalue weighted by atomic mass is 35.5. The van der Waals surface area contributed by atoms with Crippen molar-refractivity contribution in [1.29, 1.82) is 0 Å². The van der Waals surface area contributed by atoms with Crippen LogP contribution in [-0.4, -0.2) is 41.6 Å². The van der Waals surface area contributed by atoms with Gasteiger partial charge in [-0.05, 0) is 30.5 Å². The van der Waals surface area contributed by atoms with Crippen LogP contribution in [0, 0.1) is 0 Å². The molecule has 5 nitrogen and oxygen atoms in total. The van der Waals surface area contributed by atoms with E-state index < -0.39 is 23.4 Å². The molecular weight excluding hydrogens is 325 g/mol. The Bertz CT molecular complexity index is 574. The van der Waals surface area contributed by atoms with Gasteiger partial charge in [-0.1, -0.05) is 0 Å². The van der Waals surface area contributed by atoms with Crippen molar-refractivity contribution in [3.63, 3.8) is 0 Å². The number of carbonyl (C=O) groups is 2. The molecule has 0 saturated carbocycles. The van der Waals surface area contributed by atoms with E-state index >= 15 is 0 Å². The van der Waals surface area contributed by atoms with Crippen LogP contribution < -0.4 is 4.90 Å². The van der Waals surface area contributed by atoms with Crippen LogP contribution in [0.5, 0.6) is 0 Å². The molecule has 9 heteroatoms. The number of pyridine rings is 1. The summed E-state index contributed by atoms with van der Waals surface area (Å²) in [6.45, 7) is 0.466. The van der Waals surface area contributed by atoms with Crippen LogP contribution in [0.15, 0.2) is 18.5 Å². The van der Waals surface area contributed by atoms with Crippen molar-refractivity contribution in [2.45, 2.75) is 25.1 Å². The van der Waals surface area contributed by atoms with Crippen LogP contribution in [0.3, 0.4) is 0 Å². The van der Waals surface area contributed by atoms with E-state index in [0.717, 1.165) is 6.20 Å². The zero-order valence-electron chi connectivity index (χ0n) is 11.3. The second-order valence-corrected chi connectivity index (χ2v) is 5.03. The minimum Gasteiger partial charge on any atom is -0.381 e. The van der Waals surface area contributed by atoms with Crippen LogP contribution in [0.1, 0.15) is 23.2 Å². The fourth-order valence-corrected chi connectivity index (χ4v) is 2.46. The van der Waals surface area contributed by atoms with Crippen LogP contribution in [0.25, 0.3) is 0 Å². The summed E-state index contributed by atoms with van der Waals surface area (Å²) in [5.41, 5.74) is -0.433. The fourth-order valence-electron chi connectivity index (χ4n) is 2.30. The lowest BCUT2D eigenvalue weighted by Crippen LogP contribution is -2.49. The van der Waals surface area contributed by atoms with Gasteiger partial charge in [-0.15, -0.1) is 0 Å². The van der Waals surface area contributed by atoms with Gasteiger partial charge in [0.15, 0.2) is 0 Å². The summed E-state index contributed by atoms with van der Waals surface area (Å²) in [6, 6.07) is 0.447. The molecule has 22 heavy (non-hydrogen) atoms. The second kappa shape index (κ2) is 6.62. The van der Waals surface area contributed by atoms with E-state index in [9.17, 15) is 22.8 Å². The molecule has 2 rings (SSSR count). The molecule has 0 aromatic carbocycles. The first-order valence-corrected chi connectivity index (χ1v) is 6.82. The molecule has 0 N–H and O–H groups in total. The number of aromatic nitrogens is 1. The molecule has 1 aliphatic heterocycles. The first-order chi connectivity index (χ1) is 10.3. The SMILES string of the molecule is O=C(Cl)c1ccncc1N(C(=O)C(F)(F)F)C1CCOCC1. The molecule has 0 atom stereocenters. The Kier molecular flexibility index (Phi) is 5.02. The number of halogens is 4. The maximum absolute atomic E-state index is 12.9. The van der Waals surface area contributed by atoms with Crippen molar-refractivity contribution < 1.29 is 27.5 Å². The summed E-state index contributed by atoms with van der Waals surface area (Å²) in [5.74, 6) is -2.05.